The summed E-state index contributed by atoms with van der Waals surface area (Å²) in [5, 5.41) is 18.5. The summed E-state index contributed by atoms with van der Waals surface area (Å²) in [6.45, 7) is 0.563. The lowest BCUT2D eigenvalue weighted by atomic mass is 10.2. The molecule has 9 heteroatoms. The van der Waals surface area contributed by atoms with Gasteiger partial charge in [0.15, 0.2) is 5.69 Å². The van der Waals surface area contributed by atoms with Gasteiger partial charge in [0.25, 0.3) is 5.91 Å². The van der Waals surface area contributed by atoms with E-state index in [1.54, 1.807) is 12.1 Å². The third-order valence-electron chi connectivity index (χ3n) is 2.59. The van der Waals surface area contributed by atoms with Gasteiger partial charge in [-0.1, -0.05) is 5.21 Å². The molecule has 110 valence electrons. The Balaban J connectivity index is 1.90. The second kappa shape index (κ2) is 6.46. The van der Waals surface area contributed by atoms with Crippen LogP contribution in [0.25, 0.3) is 0 Å². The van der Waals surface area contributed by atoms with Crippen LogP contribution in [-0.2, 0) is 6.54 Å². The molecule has 2 aromatic rings. The highest BCUT2D eigenvalue weighted by Crippen LogP contribution is 2.12. The van der Waals surface area contributed by atoms with Crippen LogP contribution in [0.2, 0.25) is 0 Å². The highest BCUT2D eigenvalue weighted by atomic mass is 16.5. The monoisotopic (exact) mass is 291 g/mol. The smallest absolute Gasteiger partial charge is 0.358 e. The summed E-state index contributed by atoms with van der Waals surface area (Å²) in [5.74, 6) is -1.24. The fraction of sp³-hybridized carbons (Fsp3) is 0.250. The number of ether oxygens (including phenoxy) is 1. The van der Waals surface area contributed by atoms with Crippen molar-refractivity contribution in [3.63, 3.8) is 0 Å². The first kappa shape index (κ1) is 14.4. The van der Waals surface area contributed by atoms with E-state index < -0.39 is 5.97 Å². The first-order chi connectivity index (χ1) is 10.1. The van der Waals surface area contributed by atoms with Crippen molar-refractivity contribution in [1.82, 2.24) is 25.3 Å². The van der Waals surface area contributed by atoms with Crippen LogP contribution < -0.4 is 10.1 Å². The number of methoxy groups -OCH3 is 1. The van der Waals surface area contributed by atoms with Gasteiger partial charge < -0.3 is 15.2 Å². The van der Waals surface area contributed by atoms with Gasteiger partial charge in [-0.15, -0.1) is 5.10 Å². The number of carbonyl (C=O) groups excluding carboxylic acids is 1. The molecule has 0 fully saturated rings. The number of rotatable bonds is 6. The number of hydrogen-bond donors (Lipinski definition) is 2. The topological polar surface area (TPSA) is 119 Å². The number of carboxylic acids is 1. The number of amides is 1. The van der Waals surface area contributed by atoms with Crippen LogP contribution in [-0.4, -0.2) is 50.6 Å². The molecule has 0 saturated carbocycles. The van der Waals surface area contributed by atoms with Crippen LogP contribution in [0.4, 0.5) is 0 Å². The van der Waals surface area contributed by atoms with Crippen molar-refractivity contribution in [1.29, 1.82) is 0 Å². The molecule has 2 aromatic heterocycles. The zero-order valence-corrected chi connectivity index (χ0v) is 11.2. The van der Waals surface area contributed by atoms with Crippen molar-refractivity contribution in [3.05, 3.63) is 35.8 Å². The zero-order valence-electron chi connectivity index (χ0n) is 11.2. The predicted octanol–water partition coefficient (Wildman–Crippen LogP) is -0.190. The van der Waals surface area contributed by atoms with Gasteiger partial charge >= 0.3 is 5.97 Å². The van der Waals surface area contributed by atoms with E-state index in [-0.39, 0.29) is 24.0 Å². The van der Waals surface area contributed by atoms with Gasteiger partial charge in [-0.2, -0.15) is 0 Å². The molecule has 0 aliphatic carbocycles. The third kappa shape index (κ3) is 3.53. The fourth-order valence-electron chi connectivity index (χ4n) is 1.61. The minimum atomic E-state index is -1.15. The lowest BCUT2D eigenvalue weighted by Crippen LogP contribution is -2.27. The first-order valence-corrected chi connectivity index (χ1v) is 6.02. The van der Waals surface area contributed by atoms with Crippen molar-refractivity contribution in [2.75, 3.05) is 13.7 Å². The summed E-state index contributed by atoms with van der Waals surface area (Å²) in [6.07, 6.45) is 2.82. The Morgan fingerprint density at radius 3 is 2.95 bits per heavy atom. The molecule has 0 bridgehead atoms. The normalized spacial score (nSPS) is 10.1. The Labute approximate surface area is 119 Å². The van der Waals surface area contributed by atoms with Crippen molar-refractivity contribution in [2.45, 2.75) is 6.54 Å². The molecule has 0 atom stereocenters. The van der Waals surface area contributed by atoms with Gasteiger partial charge in [0.1, 0.15) is 5.56 Å². The third-order valence-corrected chi connectivity index (χ3v) is 2.59. The van der Waals surface area contributed by atoms with Crippen molar-refractivity contribution >= 4 is 11.9 Å². The van der Waals surface area contributed by atoms with Gasteiger partial charge in [-0.05, 0) is 12.1 Å². The number of pyridine rings is 1. The maximum atomic E-state index is 12.0. The molecule has 0 spiro atoms. The van der Waals surface area contributed by atoms with Crippen LogP contribution in [0.5, 0.6) is 5.88 Å². The Morgan fingerprint density at radius 2 is 2.29 bits per heavy atom. The standard InChI is InChI=1S/C12H13N5O4/c1-21-11-8(3-2-4-14-11)10(18)13-5-6-17-7-9(12(19)20)15-16-17/h2-4,7H,5-6H2,1H3,(H,13,18)(H,19,20). The van der Waals surface area contributed by atoms with Gasteiger partial charge in [-0.25, -0.2) is 14.5 Å². The number of hydrogen-bond acceptors (Lipinski definition) is 6. The summed E-state index contributed by atoms with van der Waals surface area (Å²) in [7, 11) is 1.43. The molecule has 0 aliphatic rings. The summed E-state index contributed by atoms with van der Waals surface area (Å²) in [4.78, 5) is 26.5. The molecular weight excluding hydrogens is 278 g/mol. The van der Waals surface area contributed by atoms with E-state index in [1.807, 2.05) is 0 Å². The van der Waals surface area contributed by atoms with Gasteiger partial charge in [0.2, 0.25) is 5.88 Å². The Kier molecular flexibility index (Phi) is 4.44. The highest BCUT2D eigenvalue weighted by Gasteiger charge is 2.12. The molecule has 0 unspecified atom stereocenters. The average Bonchev–Trinajstić information content (AvgIpc) is 2.96. The van der Waals surface area contributed by atoms with E-state index in [4.69, 9.17) is 9.84 Å². The Hall–Kier alpha value is -2.97. The van der Waals surface area contributed by atoms with Crippen LogP contribution in [0.1, 0.15) is 20.8 Å². The van der Waals surface area contributed by atoms with E-state index in [1.165, 1.54) is 24.2 Å². The SMILES string of the molecule is COc1ncccc1C(=O)NCCn1cc(C(=O)O)nn1. The van der Waals surface area contributed by atoms with E-state index in [2.05, 4.69) is 20.6 Å². The Morgan fingerprint density at radius 1 is 1.48 bits per heavy atom. The van der Waals surface area contributed by atoms with Crippen LogP contribution in [0, 0.1) is 0 Å². The van der Waals surface area contributed by atoms with Crippen LogP contribution in [0.3, 0.4) is 0 Å². The summed E-state index contributed by atoms with van der Waals surface area (Å²) in [6, 6.07) is 3.23. The predicted molar refractivity (Wildman–Crippen MR) is 70.1 cm³/mol. The number of carboxylic acid groups (broad SMARTS) is 1. The molecule has 2 rings (SSSR count). The molecule has 0 saturated heterocycles. The van der Waals surface area contributed by atoms with E-state index in [0.29, 0.717) is 12.1 Å². The summed E-state index contributed by atoms with van der Waals surface area (Å²) < 4.78 is 6.33. The quantitative estimate of drug-likeness (QED) is 0.757. The second-order valence-corrected chi connectivity index (χ2v) is 3.99. The van der Waals surface area contributed by atoms with Crippen LogP contribution >= 0.6 is 0 Å². The van der Waals surface area contributed by atoms with Crippen molar-refractivity contribution in [2.24, 2.45) is 0 Å². The van der Waals surface area contributed by atoms with Gasteiger partial charge in [0.05, 0.1) is 19.9 Å². The maximum absolute atomic E-state index is 12.0. The van der Waals surface area contributed by atoms with E-state index in [0.717, 1.165) is 0 Å². The molecule has 0 aromatic carbocycles. The number of nitrogens with one attached hydrogen (secondary N) is 1. The zero-order chi connectivity index (χ0) is 15.2. The fourth-order valence-corrected chi connectivity index (χ4v) is 1.61. The minimum absolute atomic E-state index is 0.143. The number of aromatic carboxylic acids is 1. The summed E-state index contributed by atoms with van der Waals surface area (Å²) >= 11 is 0. The second-order valence-electron chi connectivity index (χ2n) is 3.99. The first-order valence-electron chi connectivity index (χ1n) is 6.02. The maximum Gasteiger partial charge on any atom is 0.358 e. The lowest BCUT2D eigenvalue weighted by molar-refractivity contribution is 0.0690. The van der Waals surface area contributed by atoms with Gasteiger partial charge in [-0.3, -0.25) is 4.79 Å². The molecular formula is C12H13N5O4. The minimum Gasteiger partial charge on any atom is -0.480 e. The lowest BCUT2D eigenvalue weighted by Gasteiger charge is -2.07. The number of aromatic nitrogens is 4. The largest absolute Gasteiger partial charge is 0.480 e. The number of nitrogens with zero attached hydrogens (tertiary/aromatic N) is 4. The molecule has 1 amide bonds. The van der Waals surface area contributed by atoms with E-state index in [9.17, 15) is 9.59 Å². The Bertz CT molecular complexity index is 655. The molecule has 2 N–H and O–H groups in total. The van der Waals surface area contributed by atoms with Crippen molar-refractivity contribution in [3.8, 4) is 5.88 Å². The van der Waals surface area contributed by atoms with E-state index >= 15 is 0 Å². The number of carbonyl (C=O) groups is 2. The molecule has 9 nitrogen and oxygen atoms in total. The average molecular weight is 291 g/mol. The highest BCUT2D eigenvalue weighted by molar-refractivity contribution is 5.96. The summed E-state index contributed by atoms with van der Waals surface area (Å²) in [5.41, 5.74) is 0.181. The molecule has 2 heterocycles. The van der Waals surface area contributed by atoms with Crippen LogP contribution in [0.15, 0.2) is 24.5 Å². The van der Waals surface area contributed by atoms with Crippen molar-refractivity contribution < 1.29 is 19.4 Å². The van der Waals surface area contributed by atoms with Gasteiger partial charge in [0, 0.05) is 12.7 Å². The molecule has 21 heavy (non-hydrogen) atoms. The molecule has 0 radical (unpaired) electrons. The molecule has 0 aliphatic heterocycles.